The summed E-state index contributed by atoms with van der Waals surface area (Å²) in [5, 5.41) is 6.75. The first kappa shape index (κ1) is 16.7. The van der Waals surface area contributed by atoms with Crippen molar-refractivity contribution < 1.29 is 4.74 Å². The van der Waals surface area contributed by atoms with Gasteiger partial charge in [-0.05, 0) is 45.1 Å². The maximum absolute atomic E-state index is 6.17. The molecule has 1 fully saturated rings. The second-order valence-electron chi connectivity index (χ2n) is 6.01. The normalized spacial score (nSPS) is 17.3. The summed E-state index contributed by atoms with van der Waals surface area (Å²) in [7, 11) is 1.80. The molecule has 0 heterocycles. The average Bonchev–Trinajstić information content (AvgIpc) is 3.05. The van der Waals surface area contributed by atoms with E-state index in [1.165, 1.54) is 31.2 Å². The molecule has 1 aliphatic carbocycles. The molecule has 0 saturated heterocycles. The number of ether oxygens (including phenoxy) is 1. The topological polar surface area (TPSA) is 45.7 Å². The molecule has 1 saturated carbocycles. The molecule has 1 atom stereocenters. The van der Waals surface area contributed by atoms with Crippen LogP contribution in [0, 0.1) is 0 Å². The van der Waals surface area contributed by atoms with E-state index in [1.54, 1.807) is 7.05 Å². The number of benzene rings is 1. The molecule has 4 nitrogen and oxygen atoms in total. The van der Waals surface area contributed by atoms with Crippen molar-refractivity contribution in [3.8, 4) is 5.75 Å². The summed E-state index contributed by atoms with van der Waals surface area (Å²) in [5.74, 6) is 1.84. The van der Waals surface area contributed by atoms with Crippen LogP contribution in [0.5, 0.6) is 5.75 Å². The summed E-state index contributed by atoms with van der Waals surface area (Å²) in [6.45, 7) is 5.04. The van der Waals surface area contributed by atoms with Crippen LogP contribution in [0.3, 0.4) is 0 Å². The highest BCUT2D eigenvalue weighted by atomic mass is 16.5. The number of para-hydroxylation sites is 1. The van der Waals surface area contributed by atoms with Crippen LogP contribution in [0.2, 0.25) is 0 Å². The van der Waals surface area contributed by atoms with Crippen molar-refractivity contribution in [1.82, 2.24) is 10.6 Å². The summed E-state index contributed by atoms with van der Waals surface area (Å²) < 4.78 is 6.17. The maximum Gasteiger partial charge on any atom is 0.191 e. The third-order valence-corrected chi connectivity index (χ3v) is 4.23. The zero-order valence-electron chi connectivity index (χ0n) is 14.1. The summed E-state index contributed by atoms with van der Waals surface area (Å²) >= 11 is 0. The molecule has 0 aromatic heterocycles. The zero-order valence-corrected chi connectivity index (χ0v) is 14.1. The highest BCUT2D eigenvalue weighted by Gasteiger charge is 2.17. The van der Waals surface area contributed by atoms with Gasteiger partial charge in [0.1, 0.15) is 5.75 Å². The molecular formula is C18H29N3O. The minimum atomic E-state index is 0.388. The standard InChI is InChI=1S/C18H29N3O/c1-4-14(2)21-18(19-3)20-13-15-9-5-8-12-17(15)22-16-10-6-7-11-16/h5,8-9,12,14,16H,4,6-7,10-11,13H2,1-3H3,(H2,19,20,21). The smallest absolute Gasteiger partial charge is 0.191 e. The predicted octanol–water partition coefficient (Wildman–Crippen LogP) is 3.47. The van der Waals surface area contributed by atoms with Crippen molar-refractivity contribution >= 4 is 5.96 Å². The van der Waals surface area contributed by atoms with Gasteiger partial charge in [-0.25, -0.2) is 0 Å². The van der Waals surface area contributed by atoms with Crippen molar-refractivity contribution in [2.24, 2.45) is 4.99 Å². The van der Waals surface area contributed by atoms with E-state index in [0.717, 1.165) is 24.7 Å². The number of hydrogen-bond donors (Lipinski definition) is 2. The summed E-state index contributed by atoms with van der Waals surface area (Å²) in [5.41, 5.74) is 1.18. The van der Waals surface area contributed by atoms with E-state index in [4.69, 9.17) is 4.74 Å². The number of nitrogens with zero attached hydrogens (tertiary/aromatic N) is 1. The summed E-state index contributed by atoms with van der Waals surface area (Å²) in [6, 6.07) is 8.70. The molecule has 0 amide bonds. The van der Waals surface area contributed by atoms with Gasteiger partial charge in [0.2, 0.25) is 0 Å². The lowest BCUT2D eigenvalue weighted by Crippen LogP contribution is -2.41. The minimum Gasteiger partial charge on any atom is -0.490 e. The van der Waals surface area contributed by atoms with E-state index in [0.29, 0.717) is 12.1 Å². The second kappa shape index (κ2) is 8.66. The van der Waals surface area contributed by atoms with E-state index >= 15 is 0 Å². The quantitative estimate of drug-likeness (QED) is 0.625. The molecule has 2 rings (SSSR count). The molecular weight excluding hydrogens is 274 g/mol. The lowest BCUT2D eigenvalue weighted by atomic mass is 10.2. The van der Waals surface area contributed by atoms with Gasteiger partial charge >= 0.3 is 0 Å². The van der Waals surface area contributed by atoms with Crippen molar-refractivity contribution in [3.05, 3.63) is 29.8 Å². The Labute approximate surface area is 134 Å². The van der Waals surface area contributed by atoms with Crippen molar-refractivity contribution in [3.63, 3.8) is 0 Å². The molecule has 122 valence electrons. The van der Waals surface area contributed by atoms with Crippen molar-refractivity contribution in [2.75, 3.05) is 7.05 Å². The van der Waals surface area contributed by atoms with Gasteiger partial charge in [-0.1, -0.05) is 25.1 Å². The number of rotatable bonds is 6. The highest BCUT2D eigenvalue weighted by Crippen LogP contribution is 2.26. The SMILES string of the molecule is CCC(C)NC(=NC)NCc1ccccc1OC1CCCC1. The first-order valence-corrected chi connectivity index (χ1v) is 8.44. The fourth-order valence-corrected chi connectivity index (χ4v) is 2.66. The fraction of sp³-hybridized carbons (Fsp3) is 0.611. The Morgan fingerprint density at radius 3 is 2.73 bits per heavy atom. The van der Waals surface area contributed by atoms with E-state index < -0.39 is 0 Å². The van der Waals surface area contributed by atoms with E-state index in [-0.39, 0.29) is 0 Å². The first-order valence-electron chi connectivity index (χ1n) is 8.44. The van der Waals surface area contributed by atoms with Crippen LogP contribution >= 0.6 is 0 Å². The van der Waals surface area contributed by atoms with Crippen LogP contribution in [0.25, 0.3) is 0 Å². The lowest BCUT2D eigenvalue weighted by molar-refractivity contribution is 0.208. The van der Waals surface area contributed by atoms with Gasteiger partial charge in [-0.2, -0.15) is 0 Å². The Kier molecular flexibility index (Phi) is 6.56. The van der Waals surface area contributed by atoms with Crippen LogP contribution in [0.1, 0.15) is 51.5 Å². The Hall–Kier alpha value is -1.71. The molecule has 0 spiro atoms. The Morgan fingerprint density at radius 2 is 2.05 bits per heavy atom. The van der Waals surface area contributed by atoms with Crippen LogP contribution in [-0.2, 0) is 6.54 Å². The molecule has 0 radical (unpaired) electrons. The van der Waals surface area contributed by atoms with Crippen LogP contribution in [-0.4, -0.2) is 25.2 Å². The van der Waals surface area contributed by atoms with E-state index in [1.807, 2.05) is 6.07 Å². The molecule has 1 unspecified atom stereocenters. The van der Waals surface area contributed by atoms with Crippen LogP contribution < -0.4 is 15.4 Å². The number of guanidine groups is 1. The number of aliphatic imine (C=N–C) groups is 1. The number of hydrogen-bond acceptors (Lipinski definition) is 2. The van der Waals surface area contributed by atoms with Crippen molar-refractivity contribution in [2.45, 2.75) is 64.6 Å². The molecule has 1 aliphatic rings. The van der Waals surface area contributed by atoms with Gasteiger partial charge in [-0.15, -0.1) is 0 Å². The molecule has 0 bridgehead atoms. The second-order valence-corrected chi connectivity index (χ2v) is 6.01. The third kappa shape index (κ3) is 4.93. The summed E-state index contributed by atoms with van der Waals surface area (Å²) in [6.07, 6.45) is 6.39. The van der Waals surface area contributed by atoms with Gasteiger partial charge in [0.25, 0.3) is 0 Å². The monoisotopic (exact) mass is 303 g/mol. The van der Waals surface area contributed by atoms with Crippen LogP contribution in [0.4, 0.5) is 0 Å². The van der Waals surface area contributed by atoms with E-state index in [9.17, 15) is 0 Å². The Bertz CT molecular complexity index is 481. The molecule has 0 aliphatic heterocycles. The van der Waals surface area contributed by atoms with Crippen molar-refractivity contribution in [1.29, 1.82) is 0 Å². The number of nitrogens with one attached hydrogen (secondary N) is 2. The van der Waals surface area contributed by atoms with Gasteiger partial charge in [-0.3, -0.25) is 4.99 Å². The maximum atomic E-state index is 6.17. The van der Waals surface area contributed by atoms with Crippen LogP contribution in [0.15, 0.2) is 29.3 Å². The third-order valence-electron chi connectivity index (χ3n) is 4.23. The molecule has 1 aromatic carbocycles. The van der Waals surface area contributed by atoms with Gasteiger partial charge in [0, 0.05) is 25.2 Å². The molecule has 2 N–H and O–H groups in total. The Balaban J connectivity index is 1.94. The molecule has 1 aromatic rings. The Morgan fingerprint density at radius 1 is 1.32 bits per heavy atom. The van der Waals surface area contributed by atoms with E-state index in [2.05, 4.69) is 47.7 Å². The lowest BCUT2D eigenvalue weighted by Gasteiger charge is -2.19. The largest absolute Gasteiger partial charge is 0.490 e. The molecule has 4 heteroatoms. The fourth-order valence-electron chi connectivity index (χ4n) is 2.66. The molecule has 22 heavy (non-hydrogen) atoms. The predicted molar refractivity (Wildman–Crippen MR) is 92.4 cm³/mol. The van der Waals surface area contributed by atoms with Gasteiger partial charge < -0.3 is 15.4 Å². The average molecular weight is 303 g/mol. The van der Waals surface area contributed by atoms with Gasteiger partial charge in [0.05, 0.1) is 6.10 Å². The minimum absolute atomic E-state index is 0.388. The zero-order chi connectivity index (χ0) is 15.8. The van der Waals surface area contributed by atoms with Gasteiger partial charge in [0.15, 0.2) is 5.96 Å². The summed E-state index contributed by atoms with van der Waals surface area (Å²) in [4.78, 5) is 4.28. The first-order chi connectivity index (χ1) is 10.7. The highest BCUT2D eigenvalue weighted by molar-refractivity contribution is 5.79.